The molecule has 1 saturated carbocycles. The van der Waals surface area contributed by atoms with Crippen LogP contribution < -0.4 is 5.32 Å². The van der Waals surface area contributed by atoms with Crippen LogP contribution in [0.3, 0.4) is 0 Å². The molecule has 2 aromatic rings. The molecule has 2 unspecified atom stereocenters. The van der Waals surface area contributed by atoms with E-state index in [0.717, 1.165) is 36.2 Å². The zero-order valence-corrected chi connectivity index (χ0v) is 17.1. The van der Waals surface area contributed by atoms with Gasteiger partial charge in [0, 0.05) is 12.6 Å². The summed E-state index contributed by atoms with van der Waals surface area (Å²) in [6, 6.07) is 5.48. The Bertz CT molecular complexity index is 883. The summed E-state index contributed by atoms with van der Waals surface area (Å²) in [4.78, 5) is 28.3. The number of thiophene rings is 1. The number of carbonyl (C=O) groups is 2. The van der Waals surface area contributed by atoms with Gasteiger partial charge in [-0.1, -0.05) is 20.8 Å². The minimum Gasteiger partial charge on any atom is -0.459 e. The fraction of sp³-hybridized carbons (Fsp3) is 0.524. The maximum absolute atomic E-state index is 13.3. The molecule has 1 aliphatic carbocycles. The first-order valence-corrected chi connectivity index (χ1v) is 10.2. The first kappa shape index (κ1) is 18.3. The number of fused-ring (bicyclic) bond motifs is 2. The number of nitrogens with one attached hydrogen (secondary N) is 1. The van der Waals surface area contributed by atoms with Gasteiger partial charge in [-0.05, 0) is 60.8 Å². The summed E-state index contributed by atoms with van der Waals surface area (Å²) >= 11 is 1.35. The van der Waals surface area contributed by atoms with Gasteiger partial charge in [0.25, 0.3) is 11.8 Å². The summed E-state index contributed by atoms with van der Waals surface area (Å²) in [6.45, 7) is 9.68. The van der Waals surface area contributed by atoms with Gasteiger partial charge in [-0.3, -0.25) is 9.59 Å². The average molecular weight is 387 g/mol. The van der Waals surface area contributed by atoms with Crippen molar-refractivity contribution in [1.29, 1.82) is 0 Å². The van der Waals surface area contributed by atoms with Crippen molar-refractivity contribution in [2.75, 3.05) is 11.9 Å². The van der Waals surface area contributed by atoms with Gasteiger partial charge in [0.05, 0.1) is 16.1 Å². The highest BCUT2D eigenvalue weighted by Crippen LogP contribution is 2.53. The molecule has 4 rings (SSSR count). The van der Waals surface area contributed by atoms with Gasteiger partial charge >= 0.3 is 0 Å². The highest BCUT2D eigenvalue weighted by molar-refractivity contribution is 7.18. The number of furan rings is 1. The van der Waals surface area contributed by atoms with Gasteiger partial charge in [0.2, 0.25) is 0 Å². The summed E-state index contributed by atoms with van der Waals surface area (Å²) in [5.74, 6) is 0.0615. The van der Waals surface area contributed by atoms with Crippen molar-refractivity contribution in [3.05, 3.63) is 40.7 Å². The third-order valence-electron chi connectivity index (χ3n) is 5.77. The summed E-state index contributed by atoms with van der Waals surface area (Å²) in [5.41, 5.74) is 1.40. The topological polar surface area (TPSA) is 62.6 Å². The van der Waals surface area contributed by atoms with E-state index in [0.29, 0.717) is 11.0 Å². The van der Waals surface area contributed by atoms with Crippen LogP contribution in [0.2, 0.25) is 0 Å². The number of likely N-dealkylation sites (tertiary alicyclic amines) is 1. The molecule has 1 saturated heterocycles. The molecule has 2 fully saturated rings. The van der Waals surface area contributed by atoms with Crippen molar-refractivity contribution in [1.82, 2.24) is 4.90 Å². The maximum atomic E-state index is 13.3. The van der Waals surface area contributed by atoms with Gasteiger partial charge in [-0.15, -0.1) is 11.3 Å². The lowest BCUT2D eigenvalue weighted by Crippen LogP contribution is -2.37. The number of carbonyl (C=O) groups excluding carboxylic acids is 2. The molecule has 5 nitrogen and oxygen atoms in total. The number of amides is 2. The first-order valence-electron chi connectivity index (χ1n) is 9.42. The third-order valence-corrected chi connectivity index (χ3v) is 6.91. The van der Waals surface area contributed by atoms with E-state index in [9.17, 15) is 9.59 Å². The van der Waals surface area contributed by atoms with Gasteiger partial charge in [0.15, 0.2) is 5.76 Å². The van der Waals surface area contributed by atoms with Crippen LogP contribution in [-0.2, 0) is 0 Å². The number of anilines is 1. The van der Waals surface area contributed by atoms with Crippen LogP contribution in [0.15, 0.2) is 28.9 Å². The maximum Gasteiger partial charge on any atom is 0.291 e. The molecular formula is C21H26N2O3S. The van der Waals surface area contributed by atoms with E-state index >= 15 is 0 Å². The van der Waals surface area contributed by atoms with Crippen molar-refractivity contribution in [3.63, 3.8) is 0 Å². The smallest absolute Gasteiger partial charge is 0.291 e. The van der Waals surface area contributed by atoms with E-state index < -0.39 is 0 Å². The Kier molecular flexibility index (Phi) is 4.22. The lowest BCUT2D eigenvalue weighted by molar-refractivity contribution is 0.0712. The van der Waals surface area contributed by atoms with Crippen LogP contribution in [0.25, 0.3) is 0 Å². The second-order valence-corrected chi connectivity index (χ2v) is 10.3. The Morgan fingerprint density at radius 2 is 2.07 bits per heavy atom. The minimum absolute atomic E-state index is 0.0995. The van der Waals surface area contributed by atoms with Crippen LogP contribution >= 0.6 is 11.3 Å². The van der Waals surface area contributed by atoms with Crippen molar-refractivity contribution in [3.8, 4) is 0 Å². The lowest BCUT2D eigenvalue weighted by Gasteiger charge is -2.39. The molecule has 6 heteroatoms. The predicted molar refractivity (Wildman–Crippen MR) is 106 cm³/mol. The number of aryl methyl sites for hydroxylation is 1. The average Bonchev–Trinajstić information content (AvgIpc) is 3.24. The molecule has 144 valence electrons. The molecule has 1 aliphatic heterocycles. The third kappa shape index (κ3) is 3.43. The van der Waals surface area contributed by atoms with E-state index in [1.54, 1.807) is 12.1 Å². The van der Waals surface area contributed by atoms with Crippen molar-refractivity contribution < 1.29 is 14.0 Å². The molecular weight excluding hydrogens is 360 g/mol. The Hall–Kier alpha value is -2.08. The molecule has 2 atom stereocenters. The van der Waals surface area contributed by atoms with Crippen molar-refractivity contribution in [2.24, 2.45) is 10.8 Å². The molecule has 2 bridgehead atoms. The van der Waals surface area contributed by atoms with Crippen molar-refractivity contribution >= 4 is 28.2 Å². The van der Waals surface area contributed by atoms with E-state index in [4.69, 9.17) is 4.42 Å². The van der Waals surface area contributed by atoms with E-state index in [2.05, 4.69) is 31.0 Å². The van der Waals surface area contributed by atoms with Gasteiger partial charge < -0.3 is 14.6 Å². The number of rotatable bonds is 3. The summed E-state index contributed by atoms with van der Waals surface area (Å²) in [7, 11) is 0. The Balaban J connectivity index is 1.53. The SMILES string of the molecule is Cc1cc(NC(=O)c2ccco2)sc1C(=O)N1CC2(C)CC1CC(C)(C)C2. The van der Waals surface area contributed by atoms with Gasteiger partial charge in [0.1, 0.15) is 0 Å². The van der Waals surface area contributed by atoms with Crippen molar-refractivity contribution in [2.45, 2.75) is 53.0 Å². The van der Waals surface area contributed by atoms with Crippen LogP contribution in [-0.4, -0.2) is 29.3 Å². The Morgan fingerprint density at radius 1 is 1.30 bits per heavy atom. The van der Waals surface area contributed by atoms with Gasteiger partial charge in [-0.25, -0.2) is 0 Å². The first-order chi connectivity index (χ1) is 12.7. The Morgan fingerprint density at radius 3 is 2.78 bits per heavy atom. The highest BCUT2D eigenvalue weighted by Gasteiger charge is 2.51. The summed E-state index contributed by atoms with van der Waals surface area (Å²) in [5, 5.41) is 3.51. The quantitative estimate of drug-likeness (QED) is 0.812. The predicted octanol–water partition coefficient (Wildman–Crippen LogP) is 4.94. The van der Waals surface area contributed by atoms with Gasteiger partial charge in [-0.2, -0.15) is 0 Å². The van der Waals surface area contributed by atoms with E-state index in [1.807, 2.05) is 13.0 Å². The van der Waals surface area contributed by atoms with Crippen LogP contribution in [0, 0.1) is 17.8 Å². The Labute approximate surface area is 163 Å². The number of nitrogens with zero attached hydrogens (tertiary/aromatic N) is 1. The molecule has 0 aromatic carbocycles. The molecule has 27 heavy (non-hydrogen) atoms. The highest BCUT2D eigenvalue weighted by atomic mass is 32.1. The van der Waals surface area contributed by atoms with Crippen LogP contribution in [0.5, 0.6) is 0 Å². The molecule has 3 heterocycles. The molecule has 2 aromatic heterocycles. The fourth-order valence-corrected chi connectivity index (χ4v) is 6.19. The molecule has 2 amide bonds. The van der Waals surface area contributed by atoms with Crippen LogP contribution in [0.1, 0.15) is 65.8 Å². The summed E-state index contributed by atoms with van der Waals surface area (Å²) < 4.78 is 5.13. The zero-order valence-electron chi connectivity index (χ0n) is 16.3. The zero-order chi connectivity index (χ0) is 19.4. The standard InChI is InChI=1S/C21H26N2O3S/c1-13-8-16(22-18(24)15-6-5-7-26-15)27-17(13)19(25)23-12-21(4)10-14(23)9-20(2,3)11-21/h5-8,14H,9-12H2,1-4H3,(H,22,24). The lowest BCUT2D eigenvalue weighted by atomic mass is 9.65. The largest absolute Gasteiger partial charge is 0.459 e. The molecule has 0 radical (unpaired) electrons. The molecule has 0 spiro atoms. The molecule has 1 N–H and O–H groups in total. The molecule has 2 aliphatic rings. The van der Waals surface area contributed by atoms with E-state index in [1.165, 1.54) is 17.6 Å². The second kappa shape index (κ2) is 6.23. The van der Waals surface area contributed by atoms with Crippen LogP contribution in [0.4, 0.5) is 5.00 Å². The monoisotopic (exact) mass is 386 g/mol. The van der Waals surface area contributed by atoms with E-state index in [-0.39, 0.29) is 28.4 Å². The normalized spacial score (nSPS) is 26.2. The fourth-order valence-electron chi connectivity index (χ4n) is 5.17. The summed E-state index contributed by atoms with van der Waals surface area (Å²) in [6.07, 6.45) is 4.78. The number of hydrogen-bond donors (Lipinski definition) is 1. The minimum atomic E-state index is -0.300. The number of hydrogen-bond acceptors (Lipinski definition) is 4. The second-order valence-electron chi connectivity index (χ2n) is 9.20.